The molecule has 144 valence electrons. The zero-order chi connectivity index (χ0) is 19.4. The quantitative estimate of drug-likeness (QED) is 0.186. The molecular weight excluding hydrogens is 391 g/mol. The molecule has 0 radical (unpaired) electrons. The third kappa shape index (κ3) is 5.52. The van der Waals surface area contributed by atoms with Crippen molar-refractivity contribution in [3.8, 4) is 0 Å². The maximum atomic E-state index is 12.2. The van der Waals surface area contributed by atoms with Gasteiger partial charge in [-0.2, -0.15) is 0 Å². The number of rotatable bonds is 9. The van der Waals surface area contributed by atoms with Crippen LogP contribution in [0.3, 0.4) is 0 Å². The van der Waals surface area contributed by atoms with Gasteiger partial charge in [0.2, 0.25) is 5.91 Å². The molecule has 0 unspecified atom stereocenters. The van der Waals surface area contributed by atoms with Crippen LogP contribution >= 0.6 is 0 Å². The third-order valence-corrected chi connectivity index (χ3v) is 11.9. The molecule has 0 aromatic carbocycles. The summed E-state index contributed by atoms with van der Waals surface area (Å²) in [5, 5.41) is 2.37. The van der Waals surface area contributed by atoms with Crippen LogP contribution < -0.4 is 34.9 Å². The van der Waals surface area contributed by atoms with Crippen molar-refractivity contribution in [3.05, 3.63) is 0 Å². The number of hydrogen-bond donors (Lipinski definition) is 1. The van der Waals surface area contributed by atoms with Gasteiger partial charge in [-0.25, -0.2) is 17.5 Å². The van der Waals surface area contributed by atoms with Gasteiger partial charge in [0, 0.05) is 6.42 Å². The maximum Gasteiger partial charge on any atom is 1.00 e. The van der Waals surface area contributed by atoms with Crippen LogP contribution in [-0.2, 0) is 29.4 Å². The molecule has 12 heteroatoms. The van der Waals surface area contributed by atoms with Crippen LogP contribution in [0.2, 0.25) is 24.2 Å². The number of carbonyl (C=O) groups is 3. The van der Waals surface area contributed by atoms with Gasteiger partial charge in [0.25, 0.3) is 5.91 Å². The molecule has 0 aliphatic carbocycles. The molecule has 9 nitrogen and oxygen atoms in total. The first kappa shape index (κ1) is 25.5. The van der Waals surface area contributed by atoms with E-state index in [0.717, 1.165) is 31.3 Å². The van der Waals surface area contributed by atoms with E-state index < -0.39 is 48.2 Å². The standard InChI is InChI=1S/C14H26N2O7SSi.Na/c1-5-25(6-2,7-3)9-8-10(17)15-11-12(14(19)23-4)16(13(11)18)24(20,21)22;/h11-12H,5-9H2,1-4H3,(H,15,17)(H,20,21,22);/q;+1/p-1/t11-,12-;/m1./s1. The molecule has 0 aromatic rings. The number of methoxy groups -OCH3 is 1. The number of nitrogens with zero attached hydrogens (tertiary/aromatic N) is 1. The van der Waals surface area contributed by atoms with Crippen molar-refractivity contribution in [1.82, 2.24) is 9.62 Å². The summed E-state index contributed by atoms with van der Waals surface area (Å²) >= 11 is 0. The number of amides is 2. The molecule has 26 heavy (non-hydrogen) atoms. The third-order valence-electron chi connectivity index (χ3n) is 5.18. The molecule has 1 aliphatic heterocycles. The van der Waals surface area contributed by atoms with Crippen LogP contribution in [0.4, 0.5) is 0 Å². The van der Waals surface area contributed by atoms with Crippen LogP contribution in [0, 0.1) is 0 Å². The molecule has 2 atom stereocenters. The minimum absolute atomic E-state index is 0. The van der Waals surface area contributed by atoms with Gasteiger partial charge in [0.1, 0.15) is 6.04 Å². The zero-order valence-electron chi connectivity index (χ0n) is 15.9. The number of esters is 1. The summed E-state index contributed by atoms with van der Waals surface area (Å²) in [6.07, 6.45) is 0.198. The molecule has 1 fully saturated rings. The van der Waals surface area contributed by atoms with E-state index in [9.17, 15) is 27.4 Å². The number of carbonyl (C=O) groups excluding carboxylic acids is 3. The monoisotopic (exact) mass is 416 g/mol. The average Bonchev–Trinajstić information content (AvgIpc) is 2.57. The first-order valence-electron chi connectivity index (χ1n) is 8.23. The number of β-lactam (4-membered cyclic amide) rings is 1. The van der Waals surface area contributed by atoms with E-state index in [-0.39, 0.29) is 40.3 Å². The van der Waals surface area contributed by atoms with E-state index in [0.29, 0.717) is 0 Å². The Balaban J connectivity index is 0.00000625. The van der Waals surface area contributed by atoms with Crippen molar-refractivity contribution in [1.29, 1.82) is 0 Å². The van der Waals surface area contributed by atoms with Crippen LogP contribution in [0.15, 0.2) is 0 Å². The van der Waals surface area contributed by atoms with Crippen molar-refractivity contribution in [2.75, 3.05) is 7.11 Å². The van der Waals surface area contributed by atoms with Gasteiger partial charge in [-0.05, 0) is 6.04 Å². The van der Waals surface area contributed by atoms with Crippen LogP contribution in [0.25, 0.3) is 0 Å². The summed E-state index contributed by atoms with van der Waals surface area (Å²) in [5.74, 6) is -2.63. The van der Waals surface area contributed by atoms with Gasteiger partial charge >= 0.3 is 35.5 Å². The van der Waals surface area contributed by atoms with Gasteiger partial charge in [-0.15, -0.1) is 0 Å². The second-order valence-electron chi connectivity index (χ2n) is 6.17. The Morgan fingerprint density at radius 2 is 1.73 bits per heavy atom. The van der Waals surface area contributed by atoms with E-state index in [1.807, 2.05) is 0 Å². The second kappa shape index (κ2) is 10.2. The molecule has 0 spiro atoms. The predicted octanol–water partition coefficient (Wildman–Crippen LogP) is -2.78. The second-order valence-corrected chi connectivity index (χ2v) is 13.0. The van der Waals surface area contributed by atoms with Gasteiger partial charge < -0.3 is 14.6 Å². The van der Waals surface area contributed by atoms with E-state index in [4.69, 9.17) is 0 Å². The Bertz CT molecular complexity index is 631. The van der Waals surface area contributed by atoms with Crippen molar-refractivity contribution in [2.24, 2.45) is 0 Å². The van der Waals surface area contributed by atoms with Crippen molar-refractivity contribution in [2.45, 2.75) is 63.5 Å². The summed E-state index contributed by atoms with van der Waals surface area (Å²) in [4.78, 5) is 35.7. The summed E-state index contributed by atoms with van der Waals surface area (Å²) in [6, 6.07) is 0.850. The summed E-state index contributed by atoms with van der Waals surface area (Å²) < 4.78 is 37.6. The average molecular weight is 417 g/mol. The minimum atomic E-state index is -5.15. The topological polar surface area (TPSA) is 133 Å². The van der Waals surface area contributed by atoms with E-state index in [2.05, 4.69) is 30.8 Å². The van der Waals surface area contributed by atoms with E-state index in [1.165, 1.54) is 0 Å². The predicted molar refractivity (Wildman–Crippen MR) is 90.9 cm³/mol. The maximum absolute atomic E-state index is 12.2. The van der Waals surface area contributed by atoms with Gasteiger partial charge in [-0.3, -0.25) is 9.59 Å². The Labute approximate surface area is 177 Å². The summed E-state index contributed by atoms with van der Waals surface area (Å²) in [6.45, 7) is 6.32. The molecule has 0 saturated carbocycles. The van der Waals surface area contributed by atoms with Crippen molar-refractivity contribution < 1.29 is 61.6 Å². The van der Waals surface area contributed by atoms with Gasteiger partial charge in [-0.1, -0.05) is 38.9 Å². The van der Waals surface area contributed by atoms with Crippen LogP contribution in [0.1, 0.15) is 27.2 Å². The van der Waals surface area contributed by atoms with Crippen molar-refractivity contribution in [3.63, 3.8) is 0 Å². The first-order chi connectivity index (χ1) is 11.6. The SMILES string of the molecule is CC[Si](CC)(CC)CCC(=O)N[C@H]1C(=O)N(S(=O)(=O)[O-])[C@H]1C(=O)OC.[Na+]. The Hall–Kier alpha value is -0.463. The fraction of sp³-hybridized carbons (Fsp3) is 0.786. The molecule has 1 aliphatic rings. The minimum Gasteiger partial charge on any atom is -0.731 e. The Morgan fingerprint density at radius 1 is 1.23 bits per heavy atom. The molecule has 1 heterocycles. The largest absolute Gasteiger partial charge is 1.00 e. The molecule has 1 N–H and O–H groups in total. The molecule has 0 bridgehead atoms. The fourth-order valence-electron chi connectivity index (χ4n) is 3.11. The molecule has 1 saturated heterocycles. The zero-order valence-corrected chi connectivity index (χ0v) is 19.7. The number of nitrogens with one attached hydrogen (secondary N) is 1. The summed E-state index contributed by atoms with van der Waals surface area (Å²) in [5.41, 5.74) is 0. The van der Waals surface area contributed by atoms with E-state index in [1.54, 1.807) is 0 Å². The molecular formula is C14H25N2NaO7SSi. The van der Waals surface area contributed by atoms with E-state index >= 15 is 0 Å². The molecule has 0 aromatic heterocycles. The molecule has 1 rings (SSSR count). The van der Waals surface area contributed by atoms with Crippen LogP contribution in [0.5, 0.6) is 0 Å². The van der Waals surface area contributed by atoms with Gasteiger partial charge in [0.15, 0.2) is 16.3 Å². The number of hydrogen-bond acceptors (Lipinski definition) is 7. The van der Waals surface area contributed by atoms with Crippen LogP contribution in [-0.4, -0.2) is 62.3 Å². The van der Waals surface area contributed by atoms with Crippen molar-refractivity contribution >= 4 is 36.2 Å². The summed E-state index contributed by atoms with van der Waals surface area (Å²) in [7, 11) is -5.67. The first-order valence-corrected chi connectivity index (χ1v) is 12.4. The normalized spacial score (nSPS) is 20.0. The Kier molecular flexibility index (Phi) is 10.0. The number of ether oxygens (including phenoxy) is 1. The Morgan fingerprint density at radius 3 is 2.12 bits per heavy atom. The smallest absolute Gasteiger partial charge is 0.731 e. The van der Waals surface area contributed by atoms with Gasteiger partial charge in [0.05, 0.1) is 15.2 Å². The molecule has 2 amide bonds. The fourth-order valence-corrected chi connectivity index (χ4v) is 7.25.